The number of thiophene rings is 1. The number of nitrogens with one attached hydrogen (secondary N) is 1. The van der Waals surface area contributed by atoms with Crippen molar-refractivity contribution in [2.24, 2.45) is 5.92 Å². The van der Waals surface area contributed by atoms with Crippen molar-refractivity contribution in [3.63, 3.8) is 0 Å². The van der Waals surface area contributed by atoms with Crippen molar-refractivity contribution in [1.82, 2.24) is 14.9 Å². The molecule has 1 atom stereocenters. The van der Waals surface area contributed by atoms with E-state index in [1.54, 1.807) is 37.3 Å². The smallest absolute Gasteiger partial charge is 0.329 e. The second-order valence-electron chi connectivity index (χ2n) is 8.44. The van der Waals surface area contributed by atoms with Gasteiger partial charge in [0.15, 0.2) is 0 Å². The summed E-state index contributed by atoms with van der Waals surface area (Å²) >= 11 is 1.71. The number of carboxylic acids is 1. The Hall–Kier alpha value is -2.67. The predicted octanol–water partition coefficient (Wildman–Crippen LogP) is 5.28. The Bertz CT molecular complexity index is 1070. The summed E-state index contributed by atoms with van der Waals surface area (Å²) in [6, 6.07) is 9.94. The standard InChI is InChI=1S/C24H31N3O3S/c1-6-17(7-2)27-20-11-10-16(22(28)26-24(5,15(3)4)23(29)30)13-19(20)25-21(27)14-18-9-8-12-31-18/h8-13,15,17H,6-7,14H2,1-5H3,(H,26,28)(H,29,30). The first kappa shape index (κ1) is 23.0. The van der Waals surface area contributed by atoms with E-state index in [4.69, 9.17) is 4.98 Å². The molecule has 166 valence electrons. The van der Waals surface area contributed by atoms with Gasteiger partial charge in [0.2, 0.25) is 0 Å². The minimum Gasteiger partial charge on any atom is -0.480 e. The van der Waals surface area contributed by atoms with Crippen molar-refractivity contribution in [1.29, 1.82) is 0 Å². The van der Waals surface area contributed by atoms with Crippen LogP contribution in [0.25, 0.3) is 11.0 Å². The normalized spacial score (nSPS) is 13.6. The molecule has 3 rings (SSSR count). The third-order valence-electron chi connectivity index (χ3n) is 6.22. The lowest BCUT2D eigenvalue weighted by Crippen LogP contribution is -2.55. The van der Waals surface area contributed by atoms with Crippen LogP contribution >= 0.6 is 11.3 Å². The van der Waals surface area contributed by atoms with Crippen molar-refractivity contribution in [2.45, 2.75) is 65.5 Å². The van der Waals surface area contributed by atoms with E-state index in [2.05, 4.69) is 35.2 Å². The van der Waals surface area contributed by atoms with E-state index in [-0.39, 0.29) is 5.92 Å². The SMILES string of the molecule is CCC(CC)n1c(Cc2cccs2)nc2cc(C(=O)NC(C)(C(=O)O)C(C)C)ccc21. The van der Waals surface area contributed by atoms with Gasteiger partial charge in [0.25, 0.3) is 5.91 Å². The first-order valence-corrected chi connectivity index (χ1v) is 11.7. The largest absolute Gasteiger partial charge is 0.480 e. The van der Waals surface area contributed by atoms with Gasteiger partial charge in [-0.1, -0.05) is 33.8 Å². The molecule has 0 bridgehead atoms. The van der Waals surface area contributed by atoms with Crippen LogP contribution in [0.1, 0.15) is 74.6 Å². The Morgan fingerprint density at radius 3 is 2.48 bits per heavy atom. The Kier molecular flexibility index (Phi) is 6.84. The number of amides is 1. The van der Waals surface area contributed by atoms with Gasteiger partial charge in [-0.3, -0.25) is 4.79 Å². The van der Waals surface area contributed by atoms with Gasteiger partial charge in [0.1, 0.15) is 11.4 Å². The van der Waals surface area contributed by atoms with Crippen molar-refractivity contribution in [3.05, 3.63) is 52.0 Å². The van der Waals surface area contributed by atoms with Gasteiger partial charge in [-0.25, -0.2) is 9.78 Å². The molecule has 0 radical (unpaired) electrons. The van der Waals surface area contributed by atoms with Crippen molar-refractivity contribution in [3.8, 4) is 0 Å². The summed E-state index contributed by atoms with van der Waals surface area (Å²) in [4.78, 5) is 30.8. The fourth-order valence-corrected chi connectivity index (χ4v) is 4.50. The summed E-state index contributed by atoms with van der Waals surface area (Å²) < 4.78 is 2.30. The Morgan fingerprint density at radius 2 is 1.94 bits per heavy atom. The fraction of sp³-hybridized carbons (Fsp3) is 0.458. The summed E-state index contributed by atoms with van der Waals surface area (Å²) in [6.07, 6.45) is 2.73. The van der Waals surface area contributed by atoms with E-state index in [9.17, 15) is 14.7 Å². The predicted molar refractivity (Wildman–Crippen MR) is 125 cm³/mol. The van der Waals surface area contributed by atoms with Crippen LogP contribution in [-0.4, -0.2) is 32.1 Å². The molecule has 6 nitrogen and oxygen atoms in total. The number of carbonyl (C=O) groups is 2. The third kappa shape index (κ3) is 4.51. The quantitative estimate of drug-likeness (QED) is 0.473. The van der Waals surface area contributed by atoms with Crippen LogP contribution in [0.5, 0.6) is 0 Å². The average molecular weight is 442 g/mol. The van der Waals surface area contributed by atoms with Gasteiger partial charge in [0.05, 0.1) is 11.0 Å². The fourth-order valence-electron chi connectivity index (χ4n) is 3.80. The number of carboxylic acid groups (broad SMARTS) is 1. The highest BCUT2D eigenvalue weighted by molar-refractivity contribution is 7.09. The molecule has 31 heavy (non-hydrogen) atoms. The van der Waals surface area contributed by atoms with Crippen molar-refractivity contribution < 1.29 is 14.7 Å². The van der Waals surface area contributed by atoms with Crippen LogP contribution in [0.2, 0.25) is 0 Å². The number of imidazole rings is 1. The number of rotatable bonds is 9. The minimum absolute atomic E-state index is 0.260. The lowest BCUT2D eigenvalue weighted by Gasteiger charge is -2.30. The zero-order valence-corrected chi connectivity index (χ0v) is 19.6. The molecule has 1 aromatic carbocycles. The van der Waals surface area contributed by atoms with Crippen LogP contribution in [0.15, 0.2) is 35.7 Å². The van der Waals surface area contributed by atoms with E-state index in [1.807, 2.05) is 12.1 Å². The number of benzene rings is 1. The van der Waals surface area contributed by atoms with E-state index in [0.717, 1.165) is 36.1 Å². The number of aliphatic carboxylic acids is 1. The summed E-state index contributed by atoms with van der Waals surface area (Å²) in [5, 5.41) is 14.4. The van der Waals surface area contributed by atoms with E-state index in [1.165, 1.54) is 11.8 Å². The minimum atomic E-state index is -1.34. The number of fused-ring (bicyclic) bond motifs is 1. The maximum Gasteiger partial charge on any atom is 0.329 e. The van der Waals surface area contributed by atoms with Crippen LogP contribution in [0, 0.1) is 5.92 Å². The Labute approximate surface area is 187 Å². The molecule has 0 aliphatic heterocycles. The first-order chi connectivity index (χ1) is 14.7. The van der Waals surface area contributed by atoms with Crippen LogP contribution in [0.3, 0.4) is 0 Å². The number of hydrogen-bond acceptors (Lipinski definition) is 4. The topological polar surface area (TPSA) is 84.2 Å². The Balaban J connectivity index is 2.02. The molecular weight excluding hydrogens is 410 g/mol. The highest BCUT2D eigenvalue weighted by Crippen LogP contribution is 2.28. The highest BCUT2D eigenvalue weighted by atomic mass is 32.1. The van der Waals surface area contributed by atoms with Crippen LogP contribution < -0.4 is 5.32 Å². The number of hydrogen-bond donors (Lipinski definition) is 2. The second-order valence-corrected chi connectivity index (χ2v) is 9.48. The maximum atomic E-state index is 12.9. The summed E-state index contributed by atoms with van der Waals surface area (Å²) in [6.45, 7) is 9.46. The molecule has 0 saturated heterocycles. The van der Waals surface area contributed by atoms with E-state index < -0.39 is 17.4 Å². The summed E-state index contributed by atoms with van der Waals surface area (Å²) in [5.41, 5.74) is 0.831. The van der Waals surface area contributed by atoms with Gasteiger partial charge in [-0.2, -0.15) is 0 Å². The monoisotopic (exact) mass is 441 g/mol. The Morgan fingerprint density at radius 1 is 1.23 bits per heavy atom. The van der Waals surface area contributed by atoms with E-state index in [0.29, 0.717) is 11.6 Å². The summed E-state index contributed by atoms with van der Waals surface area (Å²) in [5.74, 6) is -0.726. The molecule has 2 aromatic heterocycles. The molecule has 2 heterocycles. The molecule has 1 amide bonds. The van der Waals surface area contributed by atoms with Crippen molar-refractivity contribution in [2.75, 3.05) is 0 Å². The van der Waals surface area contributed by atoms with Crippen molar-refractivity contribution >= 4 is 34.2 Å². The van der Waals surface area contributed by atoms with Crippen LogP contribution in [-0.2, 0) is 11.2 Å². The highest BCUT2D eigenvalue weighted by Gasteiger charge is 2.38. The zero-order valence-electron chi connectivity index (χ0n) is 18.8. The molecule has 7 heteroatoms. The lowest BCUT2D eigenvalue weighted by molar-refractivity contribution is -0.145. The molecule has 0 saturated carbocycles. The van der Waals surface area contributed by atoms with Gasteiger partial charge in [-0.15, -0.1) is 11.3 Å². The average Bonchev–Trinajstić information content (AvgIpc) is 3.36. The molecule has 0 spiro atoms. The second kappa shape index (κ2) is 9.22. The molecule has 0 fully saturated rings. The molecule has 0 aliphatic carbocycles. The number of nitrogens with zero attached hydrogens (tertiary/aromatic N) is 2. The van der Waals surface area contributed by atoms with Gasteiger partial charge in [-0.05, 0) is 55.3 Å². The van der Waals surface area contributed by atoms with E-state index >= 15 is 0 Å². The number of carbonyl (C=O) groups excluding carboxylic acids is 1. The lowest BCUT2D eigenvalue weighted by atomic mass is 9.88. The molecule has 0 aliphatic rings. The van der Waals surface area contributed by atoms with Gasteiger partial charge in [0, 0.05) is 22.9 Å². The van der Waals surface area contributed by atoms with Gasteiger partial charge < -0.3 is 15.0 Å². The summed E-state index contributed by atoms with van der Waals surface area (Å²) in [7, 11) is 0. The molecule has 2 N–H and O–H groups in total. The molecule has 3 aromatic rings. The zero-order chi connectivity index (χ0) is 22.8. The first-order valence-electron chi connectivity index (χ1n) is 10.8. The van der Waals surface area contributed by atoms with Gasteiger partial charge >= 0.3 is 5.97 Å². The molecular formula is C24H31N3O3S. The number of aromatic nitrogens is 2. The van der Waals surface area contributed by atoms with Crippen LogP contribution in [0.4, 0.5) is 0 Å². The third-order valence-corrected chi connectivity index (χ3v) is 7.09. The maximum absolute atomic E-state index is 12.9. The molecule has 1 unspecified atom stereocenters.